The number of nitrogens with zero attached hydrogens (tertiary/aromatic N) is 1. The van der Waals surface area contributed by atoms with Gasteiger partial charge in [0.1, 0.15) is 5.75 Å². The third-order valence-corrected chi connectivity index (χ3v) is 3.23. The summed E-state index contributed by atoms with van der Waals surface area (Å²) in [6.45, 7) is 10.7. The van der Waals surface area contributed by atoms with Crippen molar-refractivity contribution in [3.05, 3.63) is 23.8 Å². The van der Waals surface area contributed by atoms with Crippen molar-refractivity contribution >= 4 is 5.69 Å². The van der Waals surface area contributed by atoms with Gasteiger partial charge in [-0.25, -0.2) is 0 Å². The standard InChI is InChI=1S/C15H24N2O/c1-12(2)18-15-6-5-14(11-13(15)3)17-9-4-7-16-8-10-17/h5-6,11-12,16H,4,7-10H2,1-3H3. The van der Waals surface area contributed by atoms with E-state index in [4.69, 9.17) is 4.74 Å². The van der Waals surface area contributed by atoms with Gasteiger partial charge in [0.25, 0.3) is 0 Å². The van der Waals surface area contributed by atoms with E-state index in [0.29, 0.717) is 0 Å². The molecule has 0 saturated carbocycles. The quantitative estimate of drug-likeness (QED) is 0.890. The number of nitrogens with one attached hydrogen (secondary N) is 1. The molecule has 0 spiro atoms. The van der Waals surface area contributed by atoms with E-state index in [1.54, 1.807) is 0 Å². The Morgan fingerprint density at radius 1 is 1.22 bits per heavy atom. The monoisotopic (exact) mass is 248 g/mol. The van der Waals surface area contributed by atoms with E-state index >= 15 is 0 Å². The van der Waals surface area contributed by atoms with Gasteiger partial charge in [0, 0.05) is 25.3 Å². The van der Waals surface area contributed by atoms with Gasteiger partial charge in [-0.15, -0.1) is 0 Å². The summed E-state index contributed by atoms with van der Waals surface area (Å²) >= 11 is 0. The normalized spacial score (nSPS) is 16.8. The number of aryl methyl sites for hydroxylation is 1. The molecule has 2 rings (SSSR count). The first-order chi connectivity index (χ1) is 8.66. The molecule has 0 radical (unpaired) electrons. The molecule has 0 aromatic heterocycles. The van der Waals surface area contributed by atoms with E-state index in [0.717, 1.165) is 31.9 Å². The maximum atomic E-state index is 5.78. The van der Waals surface area contributed by atoms with E-state index in [9.17, 15) is 0 Å². The average Bonchev–Trinajstić information content (AvgIpc) is 2.60. The largest absolute Gasteiger partial charge is 0.491 e. The number of anilines is 1. The minimum atomic E-state index is 0.233. The van der Waals surface area contributed by atoms with Gasteiger partial charge < -0.3 is 15.0 Å². The van der Waals surface area contributed by atoms with Crippen molar-refractivity contribution in [3.8, 4) is 5.75 Å². The Hall–Kier alpha value is -1.22. The fourth-order valence-electron chi connectivity index (χ4n) is 2.32. The molecule has 0 atom stereocenters. The van der Waals surface area contributed by atoms with Crippen molar-refractivity contribution < 1.29 is 4.74 Å². The molecule has 1 aliphatic heterocycles. The third-order valence-electron chi connectivity index (χ3n) is 3.23. The van der Waals surface area contributed by atoms with E-state index in [1.807, 2.05) is 0 Å². The van der Waals surface area contributed by atoms with Crippen LogP contribution in [0.15, 0.2) is 18.2 Å². The van der Waals surface area contributed by atoms with E-state index in [1.165, 1.54) is 17.7 Å². The minimum Gasteiger partial charge on any atom is -0.491 e. The van der Waals surface area contributed by atoms with Crippen LogP contribution in [0.5, 0.6) is 5.75 Å². The predicted molar refractivity (Wildman–Crippen MR) is 76.6 cm³/mol. The molecule has 0 aliphatic carbocycles. The van der Waals surface area contributed by atoms with Gasteiger partial charge >= 0.3 is 0 Å². The van der Waals surface area contributed by atoms with E-state index < -0.39 is 0 Å². The van der Waals surface area contributed by atoms with Gasteiger partial charge in [-0.3, -0.25) is 0 Å². The van der Waals surface area contributed by atoms with Crippen LogP contribution in [-0.4, -0.2) is 32.3 Å². The van der Waals surface area contributed by atoms with Crippen molar-refractivity contribution in [3.63, 3.8) is 0 Å². The fraction of sp³-hybridized carbons (Fsp3) is 0.600. The predicted octanol–water partition coefficient (Wildman–Crippen LogP) is 2.58. The molecule has 1 N–H and O–H groups in total. The Balaban J connectivity index is 2.11. The molecular weight excluding hydrogens is 224 g/mol. The molecule has 3 heteroatoms. The molecule has 100 valence electrons. The van der Waals surface area contributed by atoms with Crippen LogP contribution < -0.4 is 15.0 Å². The highest BCUT2D eigenvalue weighted by Gasteiger charge is 2.11. The molecule has 0 bridgehead atoms. The molecule has 1 heterocycles. The van der Waals surface area contributed by atoms with Crippen LogP contribution in [0.1, 0.15) is 25.8 Å². The average molecular weight is 248 g/mol. The lowest BCUT2D eigenvalue weighted by molar-refractivity contribution is 0.241. The SMILES string of the molecule is Cc1cc(N2CCCNCC2)ccc1OC(C)C. The zero-order valence-electron chi connectivity index (χ0n) is 11.7. The van der Waals surface area contributed by atoms with Crippen molar-refractivity contribution in [1.29, 1.82) is 0 Å². The molecule has 1 fully saturated rings. The Morgan fingerprint density at radius 2 is 2.06 bits per heavy atom. The van der Waals surface area contributed by atoms with Gasteiger partial charge in [-0.1, -0.05) is 0 Å². The summed E-state index contributed by atoms with van der Waals surface area (Å²) in [4.78, 5) is 2.45. The molecule has 1 aromatic carbocycles. The maximum absolute atomic E-state index is 5.78. The van der Waals surface area contributed by atoms with Crippen molar-refractivity contribution in [2.45, 2.75) is 33.3 Å². The van der Waals surface area contributed by atoms with Gasteiger partial charge in [0.2, 0.25) is 0 Å². The Bertz CT molecular complexity index is 382. The third kappa shape index (κ3) is 3.39. The van der Waals surface area contributed by atoms with Crippen LogP contribution >= 0.6 is 0 Å². The van der Waals surface area contributed by atoms with Gasteiger partial charge in [0.15, 0.2) is 0 Å². The van der Waals surface area contributed by atoms with Gasteiger partial charge in [-0.05, 0) is 57.5 Å². The van der Waals surface area contributed by atoms with Gasteiger partial charge in [0.05, 0.1) is 6.10 Å². The second kappa shape index (κ2) is 6.10. The Labute approximate surface area is 110 Å². The highest BCUT2D eigenvalue weighted by Crippen LogP contribution is 2.25. The lowest BCUT2D eigenvalue weighted by Crippen LogP contribution is -2.27. The second-order valence-electron chi connectivity index (χ2n) is 5.21. The van der Waals surface area contributed by atoms with Crippen LogP contribution in [0.4, 0.5) is 5.69 Å². The van der Waals surface area contributed by atoms with Crippen LogP contribution in [0.25, 0.3) is 0 Å². The molecule has 1 aliphatic rings. The fourth-order valence-corrected chi connectivity index (χ4v) is 2.32. The van der Waals surface area contributed by atoms with Crippen molar-refractivity contribution in [2.24, 2.45) is 0 Å². The summed E-state index contributed by atoms with van der Waals surface area (Å²) in [7, 11) is 0. The number of benzene rings is 1. The highest BCUT2D eigenvalue weighted by molar-refractivity contribution is 5.53. The lowest BCUT2D eigenvalue weighted by atomic mass is 10.1. The smallest absolute Gasteiger partial charge is 0.122 e. The molecule has 1 aromatic rings. The molecular formula is C15H24N2O. The number of rotatable bonds is 3. The Kier molecular flexibility index (Phi) is 4.48. The first kappa shape index (κ1) is 13.2. The van der Waals surface area contributed by atoms with Crippen LogP contribution in [0, 0.1) is 6.92 Å². The Morgan fingerprint density at radius 3 is 2.78 bits per heavy atom. The van der Waals surface area contributed by atoms with E-state index in [2.05, 4.69) is 49.2 Å². The molecule has 18 heavy (non-hydrogen) atoms. The highest BCUT2D eigenvalue weighted by atomic mass is 16.5. The summed E-state index contributed by atoms with van der Waals surface area (Å²) in [5, 5.41) is 3.43. The number of hydrogen-bond acceptors (Lipinski definition) is 3. The number of hydrogen-bond donors (Lipinski definition) is 1. The zero-order valence-corrected chi connectivity index (χ0v) is 11.7. The summed E-state index contributed by atoms with van der Waals surface area (Å²) in [6.07, 6.45) is 1.44. The van der Waals surface area contributed by atoms with Crippen LogP contribution in [0.3, 0.4) is 0 Å². The van der Waals surface area contributed by atoms with Crippen LogP contribution in [0.2, 0.25) is 0 Å². The number of ether oxygens (including phenoxy) is 1. The summed E-state index contributed by atoms with van der Waals surface area (Å²) in [5.41, 5.74) is 2.53. The summed E-state index contributed by atoms with van der Waals surface area (Å²) in [6, 6.07) is 6.52. The maximum Gasteiger partial charge on any atom is 0.122 e. The summed E-state index contributed by atoms with van der Waals surface area (Å²) < 4.78 is 5.78. The van der Waals surface area contributed by atoms with Crippen LogP contribution in [-0.2, 0) is 0 Å². The molecule has 3 nitrogen and oxygen atoms in total. The first-order valence-electron chi connectivity index (χ1n) is 6.90. The van der Waals surface area contributed by atoms with E-state index in [-0.39, 0.29) is 6.10 Å². The molecule has 0 unspecified atom stereocenters. The topological polar surface area (TPSA) is 24.5 Å². The second-order valence-corrected chi connectivity index (χ2v) is 5.21. The zero-order chi connectivity index (χ0) is 13.0. The summed E-state index contributed by atoms with van der Waals surface area (Å²) in [5.74, 6) is 1.00. The van der Waals surface area contributed by atoms with Gasteiger partial charge in [-0.2, -0.15) is 0 Å². The lowest BCUT2D eigenvalue weighted by Gasteiger charge is -2.23. The molecule has 1 saturated heterocycles. The van der Waals surface area contributed by atoms with Crippen molar-refractivity contribution in [1.82, 2.24) is 5.32 Å². The molecule has 0 amide bonds. The van der Waals surface area contributed by atoms with Crippen molar-refractivity contribution in [2.75, 3.05) is 31.1 Å². The minimum absolute atomic E-state index is 0.233. The first-order valence-corrected chi connectivity index (χ1v) is 6.90.